The number of benzene rings is 1. The standard InChI is InChI=1S/C24H37N5.CH4/c1-16(2)20-11-13-21(14-12-20)23(28-15-7-10-19(28)5)24(27-25)29(26)22-17(3)8-6-9-18(22)4;/h6,8-9,13,19-20,23H,1,7,10-12,14-15,25-26H2,2-5H3;1H4/b27-24-;. The summed E-state index contributed by atoms with van der Waals surface area (Å²) < 4.78 is 0. The molecular weight excluding hydrogens is 370 g/mol. The third-order valence-electron chi connectivity index (χ3n) is 6.73. The van der Waals surface area contributed by atoms with E-state index in [1.165, 1.54) is 24.0 Å². The van der Waals surface area contributed by atoms with Crippen LogP contribution >= 0.6 is 0 Å². The first-order chi connectivity index (χ1) is 13.8. The highest BCUT2D eigenvalue weighted by Gasteiger charge is 2.37. The van der Waals surface area contributed by atoms with Crippen LogP contribution in [0.3, 0.4) is 0 Å². The quantitative estimate of drug-likeness (QED) is 0.234. The molecule has 5 heteroatoms. The number of amidine groups is 1. The largest absolute Gasteiger partial charge is 0.321 e. The van der Waals surface area contributed by atoms with E-state index in [0.29, 0.717) is 12.0 Å². The highest BCUT2D eigenvalue weighted by Crippen LogP contribution is 2.35. The van der Waals surface area contributed by atoms with Gasteiger partial charge in [0.25, 0.3) is 0 Å². The van der Waals surface area contributed by atoms with Gasteiger partial charge in [-0.25, -0.2) is 5.84 Å². The van der Waals surface area contributed by atoms with Crippen LogP contribution in [0.4, 0.5) is 5.69 Å². The van der Waals surface area contributed by atoms with Gasteiger partial charge in [0.1, 0.15) is 0 Å². The lowest BCUT2D eigenvalue weighted by molar-refractivity contribution is 0.249. The molecule has 1 aromatic carbocycles. The summed E-state index contributed by atoms with van der Waals surface area (Å²) in [5, 5.41) is 6.00. The number of anilines is 1. The summed E-state index contributed by atoms with van der Waals surface area (Å²) in [5.74, 6) is 14.0. The van der Waals surface area contributed by atoms with E-state index in [1.807, 2.05) is 0 Å². The van der Waals surface area contributed by atoms with Gasteiger partial charge in [0.2, 0.25) is 0 Å². The second kappa shape index (κ2) is 10.3. The Labute approximate surface area is 183 Å². The molecule has 30 heavy (non-hydrogen) atoms. The third-order valence-corrected chi connectivity index (χ3v) is 6.73. The molecule has 2 aliphatic rings. The summed E-state index contributed by atoms with van der Waals surface area (Å²) in [6.07, 6.45) is 7.99. The van der Waals surface area contributed by atoms with Crippen molar-refractivity contribution >= 4 is 11.5 Å². The average molecular weight is 412 g/mol. The van der Waals surface area contributed by atoms with Crippen molar-refractivity contribution in [3.05, 3.63) is 53.1 Å². The van der Waals surface area contributed by atoms with Crippen molar-refractivity contribution in [2.24, 2.45) is 22.7 Å². The molecule has 1 aliphatic heterocycles. The lowest BCUT2D eigenvalue weighted by Gasteiger charge is -2.39. The van der Waals surface area contributed by atoms with Crippen LogP contribution < -0.4 is 16.7 Å². The Morgan fingerprint density at radius 1 is 1.27 bits per heavy atom. The fourth-order valence-corrected chi connectivity index (χ4v) is 4.98. The predicted molar refractivity (Wildman–Crippen MR) is 130 cm³/mol. The second-order valence-corrected chi connectivity index (χ2v) is 8.83. The molecule has 5 nitrogen and oxygen atoms in total. The van der Waals surface area contributed by atoms with Crippen LogP contribution in [-0.4, -0.2) is 29.4 Å². The van der Waals surface area contributed by atoms with Crippen molar-refractivity contribution in [1.82, 2.24) is 4.90 Å². The van der Waals surface area contributed by atoms with Crippen molar-refractivity contribution in [1.29, 1.82) is 0 Å². The molecule has 3 rings (SSSR count). The molecule has 1 heterocycles. The number of hydrogen-bond donors (Lipinski definition) is 2. The topological polar surface area (TPSA) is 70.9 Å². The first-order valence-corrected chi connectivity index (χ1v) is 10.8. The van der Waals surface area contributed by atoms with Gasteiger partial charge in [-0.05, 0) is 89.0 Å². The molecule has 1 aromatic rings. The Hall–Kier alpha value is -2.11. The highest BCUT2D eigenvalue weighted by atomic mass is 15.5. The number of allylic oxidation sites excluding steroid dienone is 2. The predicted octanol–water partition coefficient (Wildman–Crippen LogP) is 5.05. The monoisotopic (exact) mass is 411 g/mol. The number of para-hydroxylation sites is 1. The maximum absolute atomic E-state index is 6.70. The van der Waals surface area contributed by atoms with Crippen molar-refractivity contribution in [2.75, 3.05) is 11.6 Å². The Balaban J connectivity index is 0.00000320. The molecule has 0 bridgehead atoms. The Morgan fingerprint density at radius 3 is 2.40 bits per heavy atom. The summed E-state index contributed by atoms with van der Waals surface area (Å²) in [4.78, 5) is 2.53. The number of hydrogen-bond acceptors (Lipinski definition) is 4. The molecule has 0 aromatic heterocycles. The fraction of sp³-hybridized carbons (Fsp3) is 0.560. The van der Waals surface area contributed by atoms with Gasteiger partial charge in [0.05, 0.1) is 11.7 Å². The zero-order valence-corrected chi connectivity index (χ0v) is 18.5. The maximum Gasteiger partial charge on any atom is 0.164 e. The first kappa shape index (κ1) is 24.2. The van der Waals surface area contributed by atoms with E-state index in [2.05, 4.69) is 68.6 Å². The number of hydrazone groups is 1. The second-order valence-electron chi connectivity index (χ2n) is 8.83. The molecule has 0 radical (unpaired) electrons. The van der Waals surface area contributed by atoms with Crippen LogP contribution in [0, 0.1) is 19.8 Å². The van der Waals surface area contributed by atoms with Crippen LogP contribution in [0.5, 0.6) is 0 Å². The van der Waals surface area contributed by atoms with E-state index in [-0.39, 0.29) is 13.5 Å². The smallest absolute Gasteiger partial charge is 0.164 e. The minimum Gasteiger partial charge on any atom is -0.321 e. The van der Waals surface area contributed by atoms with Gasteiger partial charge in [-0.3, -0.25) is 9.91 Å². The minimum atomic E-state index is 0. The van der Waals surface area contributed by atoms with Crippen LogP contribution in [0.1, 0.15) is 64.5 Å². The van der Waals surface area contributed by atoms with Gasteiger partial charge in [-0.1, -0.05) is 43.9 Å². The number of nitrogens with two attached hydrogens (primary N) is 2. The van der Waals surface area contributed by atoms with Gasteiger partial charge in [-0.15, -0.1) is 0 Å². The van der Waals surface area contributed by atoms with Gasteiger partial charge in [-0.2, -0.15) is 5.10 Å². The Morgan fingerprint density at radius 2 is 1.93 bits per heavy atom. The fourth-order valence-electron chi connectivity index (χ4n) is 4.98. The van der Waals surface area contributed by atoms with E-state index < -0.39 is 0 Å². The highest BCUT2D eigenvalue weighted by molar-refractivity contribution is 6.03. The molecule has 3 atom stereocenters. The lowest BCUT2D eigenvalue weighted by Crippen LogP contribution is -2.54. The lowest BCUT2D eigenvalue weighted by atomic mass is 9.82. The van der Waals surface area contributed by atoms with Crippen LogP contribution in [0.25, 0.3) is 0 Å². The molecule has 1 aliphatic carbocycles. The van der Waals surface area contributed by atoms with E-state index in [0.717, 1.165) is 48.5 Å². The van der Waals surface area contributed by atoms with Crippen LogP contribution in [0.15, 0.2) is 47.1 Å². The number of likely N-dealkylation sites (tertiary alicyclic amines) is 1. The Kier molecular flexibility index (Phi) is 8.27. The summed E-state index contributed by atoms with van der Waals surface area (Å²) in [6, 6.07) is 6.74. The molecule has 0 amide bonds. The average Bonchev–Trinajstić information content (AvgIpc) is 3.11. The van der Waals surface area contributed by atoms with Crippen molar-refractivity contribution in [2.45, 2.75) is 79.3 Å². The normalized spacial score (nSPS) is 23.5. The third kappa shape index (κ3) is 4.79. The van der Waals surface area contributed by atoms with Crippen molar-refractivity contribution in [3.8, 4) is 0 Å². The van der Waals surface area contributed by atoms with Gasteiger partial charge < -0.3 is 5.84 Å². The summed E-state index contributed by atoms with van der Waals surface area (Å²) in [5.41, 5.74) is 5.91. The van der Waals surface area contributed by atoms with Crippen LogP contribution in [0.2, 0.25) is 0 Å². The summed E-state index contributed by atoms with van der Waals surface area (Å²) in [6.45, 7) is 13.8. The van der Waals surface area contributed by atoms with Crippen LogP contribution in [-0.2, 0) is 0 Å². The van der Waals surface area contributed by atoms with Gasteiger partial charge in [0, 0.05) is 6.04 Å². The Bertz CT molecular complexity index is 790. The molecule has 3 unspecified atom stereocenters. The van der Waals surface area contributed by atoms with Crippen molar-refractivity contribution in [3.63, 3.8) is 0 Å². The van der Waals surface area contributed by atoms with Gasteiger partial charge in [0.15, 0.2) is 5.84 Å². The minimum absolute atomic E-state index is 0. The van der Waals surface area contributed by atoms with E-state index in [4.69, 9.17) is 11.7 Å². The van der Waals surface area contributed by atoms with E-state index in [1.54, 1.807) is 5.01 Å². The van der Waals surface area contributed by atoms with E-state index in [9.17, 15) is 0 Å². The van der Waals surface area contributed by atoms with E-state index >= 15 is 0 Å². The van der Waals surface area contributed by atoms with Gasteiger partial charge >= 0.3 is 0 Å². The maximum atomic E-state index is 6.70. The first-order valence-electron chi connectivity index (χ1n) is 10.8. The molecular formula is C25H41N5. The zero-order valence-electron chi connectivity index (χ0n) is 18.5. The summed E-state index contributed by atoms with van der Waals surface area (Å²) in [7, 11) is 0. The zero-order chi connectivity index (χ0) is 21.1. The number of hydrazine groups is 1. The van der Waals surface area contributed by atoms with Crippen molar-refractivity contribution < 1.29 is 0 Å². The SMILES string of the molecule is C.C=C(C)C1CC=C(C(/C(=N/N)N(N)c2c(C)cccc2C)N2CCCC2C)CC1. The summed E-state index contributed by atoms with van der Waals surface area (Å²) >= 11 is 0. The number of nitrogens with zero attached hydrogens (tertiary/aromatic N) is 3. The molecule has 1 saturated heterocycles. The molecule has 0 saturated carbocycles. The molecule has 1 fully saturated rings. The molecule has 0 spiro atoms. The number of rotatable bonds is 5. The molecule has 166 valence electrons. The molecule has 4 N–H and O–H groups in total. The number of aryl methyl sites for hydroxylation is 2.